The minimum atomic E-state index is -3.00. The van der Waals surface area contributed by atoms with Crippen LogP contribution in [0.4, 0.5) is 0 Å². The van der Waals surface area contributed by atoms with Gasteiger partial charge < -0.3 is 41.3 Å². The molecule has 15 heteroatoms. The summed E-state index contributed by atoms with van der Waals surface area (Å²) >= 11 is 0. The van der Waals surface area contributed by atoms with Crippen LogP contribution in [0.25, 0.3) is 5.76 Å². The predicted octanol–water partition coefficient (Wildman–Crippen LogP) is 2.17. The van der Waals surface area contributed by atoms with Crippen molar-refractivity contribution in [2.24, 2.45) is 23.5 Å². The Labute approximate surface area is 308 Å². The summed E-state index contributed by atoms with van der Waals surface area (Å²) in [5.41, 5.74) is 1.84. The Hall–Kier alpha value is -4.31. The van der Waals surface area contributed by atoms with Crippen LogP contribution in [0, 0.1) is 17.8 Å². The molecular formula is C38H52N4O11. The zero-order valence-corrected chi connectivity index (χ0v) is 30.5. The quantitative estimate of drug-likeness (QED) is 0.0556. The number of Topliss-reactive ketones (excluding diaryl/α,β-unsaturated/α-hetero) is 2. The standard InChI is InChI=1S/C38H52N4O11/c1-4-24(44)53-33-26-21(16-15-19-10-5-6-11-19)20-12-9-14-23(43)25(20)31(45)27(26)34(47)38(52)29(33)30(42(2)3)32(46)28(35(38)48)36(49)41-18-40-17-8-7-13-22(39)37(50)51/h9,12,14,19,21-22,26,29-30,33,40,43,45,48,52H,4-8,10-11,13,15-18,39H2,1-3H3,(H,41,49)(H,50,51)/t21-,22?,26+,29+,30-,33-,38-/m1/s1. The molecule has 290 valence electrons. The summed E-state index contributed by atoms with van der Waals surface area (Å²) in [7, 11) is 3.02. The maximum atomic E-state index is 14.9. The van der Waals surface area contributed by atoms with E-state index in [1.54, 1.807) is 19.1 Å². The number of aliphatic carboxylic acids is 1. The van der Waals surface area contributed by atoms with Crippen LogP contribution in [-0.2, 0) is 28.7 Å². The van der Waals surface area contributed by atoms with Crippen molar-refractivity contribution in [2.75, 3.05) is 27.3 Å². The molecule has 9 N–H and O–H groups in total. The number of carboxylic acids is 1. The van der Waals surface area contributed by atoms with Crippen LogP contribution in [0.2, 0.25) is 0 Å². The number of fused-ring (bicyclic) bond motifs is 3. The fraction of sp³-hybridized carbons (Fsp3) is 0.605. The number of carboxylic acid groups (broad SMARTS) is 1. The molecule has 0 spiro atoms. The summed E-state index contributed by atoms with van der Waals surface area (Å²) in [5.74, 6) is -9.94. The highest BCUT2D eigenvalue weighted by Gasteiger charge is 2.70. The van der Waals surface area contributed by atoms with E-state index >= 15 is 0 Å². The number of aromatic hydroxyl groups is 1. The molecule has 0 aromatic heterocycles. The van der Waals surface area contributed by atoms with E-state index in [-0.39, 0.29) is 36.4 Å². The number of hydrogen-bond donors (Lipinski definition) is 8. The van der Waals surface area contributed by atoms with Crippen molar-refractivity contribution in [3.63, 3.8) is 0 Å². The number of nitrogens with two attached hydrogens (primary N) is 1. The van der Waals surface area contributed by atoms with E-state index in [1.807, 2.05) is 0 Å². The highest BCUT2D eigenvalue weighted by molar-refractivity contribution is 6.25. The van der Waals surface area contributed by atoms with Crippen molar-refractivity contribution in [1.29, 1.82) is 0 Å². The number of carbonyl (C=O) groups excluding carboxylic acids is 4. The monoisotopic (exact) mass is 740 g/mol. The second kappa shape index (κ2) is 16.4. The Morgan fingerprint density at radius 3 is 2.42 bits per heavy atom. The van der Waals surface area contributed by atoms with Crippen LogP contribution in [0.1, 0.15) is 88.2 Å². The molecule has 2 fully saturated rings. The van der Waals surface area contributed by atoms with Gasteiger partial charge in [-0.05, 0) is 69.8 Å². The molecule has 0 aliphatic heterocycles. The zero-order chi connectivity index (χ0) is 38.8. The molecule has 0 heterocycles. The van der Waals surface area contributed by atoms with Crippen molar-refractivity contribution in [2.45, 2.75) is 101 Å². The molecule has 2 saturated carbocycles. The van der Waals surface area contributed by atoms with Crippen LogP contribution >= 0.6 is 0 Å². The Balaban J connectivity index is 1.56. The third-order valence-corrected chi connectivity index (χ3v) is 11.5. The van der Waals surface area contributed by atoms with Crippen LogP contribution in [0.3, 0.4) is 0 Å². The zero-order valence-electron chi connectivity index (χ0n) is 30.5. The van der Waals surface area contributed by atoms with Gasteiger partial charge in [0.05, 0.1) is 24.2 Å². The summed E-state index contributed by atoms with van der Waals surface area (Å²) < 4.78 is 6.08. The Bertz CT molecular complexity index is 1680. The molecule has 1 aromatic rings. The summed E-state index contributed by atoms with van der Waals surface area (Å²) in [5, 5.41) is 61.5. The van der Waals surface area contributed by atoms with Gasteiger partial charge in [-0.25, -0.2) is 0 Å². The first-order chi connectivity index (χ1) is 25.2. The normalized spacial score (nSPS) is 27.7. The molecule has 7 atom stereocenters. The Morgan fingerprint density at radius 1 is 1.08 bits per heavy atom. The fourth-order valence-corrected chi connectivity index (χ4v) is 8.84. The van der Waals surface area contributed by atoms with Gasteiger partial charge in [-0.3, -0.25) is 34.2 Å². The summed E-state index contributed by atoms with van der Waals surface area (Å²) in [4.78, 5) is 68.3. The van der Waals surface area contributed by atoms with Crippen molar-refractivity contribution >= 4 is 35.2 Å². The van der Waals surface area contributed by atoms with Gasteiger partial charge in [0.1, 0.15) is 35.0 Å². The number of likely N-dealkylation sites (N-methyl/N-ethyl adjacent to an activating group) is 1. The number of unbranched alkanes of at least 4 members (excludes halogenated alkanes) is 1. The van der Waals surface area contributed by atoms with Gasteiger partial charge in [0.25, 0.3) is 5.91 Å². The van der Waals surface area contributed by atoms with Gasteiger partial charge in [-0.2, -0.15) is 0 Å². The summed E-state index contributed by atoms with van der Waals surface area (Å²) in [6, 6.07) is 2.30. The number of rotatable bonds is 15. The number of carbonyl (C=O) groups is 5. The van der Waals surface area contributed by atoms with Crippen LogP contribution in [0.5, 0.6) is 5.75 Å². The number of aliphatic hydroxyl groups excluding tert-OH is 2. The first kappa shape index (κ1) is 39.9. The molecule has 1 amide bonds. The average Bonchev–Trinajstić information content (AvgIpc) is 3.64. The topological polar surface area (TPSA) is 249 Å². The number of hydrogen-bond acceptors (Lipinski definition) is 13. The van der Waals surface area contributed by atoms with E-state index in [2.05, 4.69) is 10.6 Å². The van der Waals surface area contributed by atoms with E-state index in [1.165, 1.54) is 25.1 Å². The van der Waals surface area contributed by atoms with Crippen molar-refractivity contribution < 1.29 is 54.2 Å². The molecule has 0 saturated heterocycles. The maximum absolute atomic E-state index is 14.9. The lowest BCUT2D eigenvalue weighted by atomic mass is 9.53. The number of phenolic OH excluding ortho intramolecular Hbond substituents is 1. The van der Waals surface area contributed by atoms with Crippen LogP contribution < -0.4 is 16.4 Å². The number of amides is 1. The molecule has 1 aromatic carbocycles. The van der Waals surface area contributed by atoms with E-state index < -0.39 is 88.0 Å². The molecule has 4 aliphatic carbocycles. The smallest absolute Gasteiger partial charge is 0.320 e. The molecule has 4 aliphatic rings. The highest BCUT2D eigenvalue weighted by Crippen LogP contribution is 2.58. The van der Waals surface area contributed by atoms with E-state index in [0.717, 1.165) is 32.1 Å². The lowest BCUT2D eigenvalue weighted by Gasteiger charge is -2.55. The number of esters is 1. The maximum Gasteiger partial charge on any atom is 0.320 e. The lowest BCUT2D eigenvalue weighted by molar-refractivity contribution is -0.185. The van der Waals surface area contributed by atoms with Crippen molar-refractivity contribution in [3.8, 4) is 5.75 Å². The second-order valence-corrected chi connectivity index (χ2v) is 14.9. The first-order valence-electron chi connectivity index (χ1n) is 18.5. The van der Waals surface area contributed by atoms with Gasteiger partial charge in [0.2, 0.25) is 5.78 Å². The average molecular weight is 741 g/mol. The fourth-order valence-electron chi connectivity index (χ4n) is 8.84. The molecule has 1 unspecified atom stereocenters. The molecule has 5 rings (SSSR count). The Kier molecular flexibility index (Phi) is 12.3. The molecular weight excluding hydrogens is 688 g/mol. The molecule has 0 radical (unpaired) electrons. The number of aliphatic hydroxyl groups is 3. The predicted molar refractivity (Wildman–Crippen MR) is 191 cm³/mol. The molecule has 53 heavy (non-hydrogen) atoms. The lowest BCUT2D eigenvalue weighted by Crippen LogP contribution is -2.71. The third kappa shape index (κ3) is 7.44. The van der Waals surface area contributed by atoms with Gasteiger partial charge in [-0.15, -0.1) is 0 Å². The SMILES string of the molecule is CCC(=O)O[C@@H]1[C@@H]2C(=C(O)c3c(O)cccc3[C@H]2CCC2CCCC2)C(=O)[C@@]2(O)C(O)=C(C(=O)NCNCCCCC(N)C(=O)O)C(=O)[C@H](N(C)C)[C@@H]12. The van der Waals surface area contributed by atoms with Crippen LogP contribution in [0.15, 0.2) is 35.1 Å². The Morgan fingerprint density at radius 2 is 1.77 bits per heavy atom. The van der Waals surface area contributed by atoms with Gasteiger partial charge in [0.15, 0.2) is 11.4 Å². The van der Waals surface area contributed by atoms with Crippen molar-refractivity contribution in [3.05, 3.63) is 46.2 Å². The van der Waals surface area contributed by atoms with Gasteiger partial charge >= 0.3 is 11.9 Å². The second-order valence-electron chi connectivity index (χ2n) is 14.9. The first-order valence-corrected chi connectivity index (χ1v) is 18.5. The number of nitrogens with one attached hydrogen (secondary N) is 2. The minimum Gasteiger partial charge on any atom is -0.508 e. The van der Waals surface area contributed by atoms with Crippen LogP contribution in [-0.4, -0.2) is 111 Å². The number of phenols is 1. The van der Waals surface area contributed by atoms with E-state index in [0.29, 0.717) is 37.3 Å². The largest absolute Gasteiger partial charge is 0.508 e. The number of nitrogens with zero attached hydrogens (tertiary/aromatic N) is 1. The molecule has 0 bridgehead atoms. The minimum absolute atomic E-state index is 0.000334. The number of benzene rings is 1. The van der Waals surface area contributed by atoms with Gasteiger partial charge in [0, 0.05) is 17.9 Å². The van der Waals surface area contributed by atoms with Crippen molar-refractivity contribution in [1.82, 2.24) is 15.5 Å². The summed E-state index contributed by atoms with van der Waals surface area (Å²) in [6.07, 6.45) is 5.26. The number of ether oxygens (including phenoxy) is 1. The summed E-state index contributed by atoms with van der Waals surface area (Å²) in [6.45, 7) is 1.74. The van der Waals surface area contributed by atoms with E-state index in [9.17, 15) is 44.4 Å². The number of ketones is 2. The molecule has 15 nitrogen and oxygen atoms in total. The highest BCUT2D eigenvalue weighted by atomic mass is 16.5. The van der Waals surface area contributed by atoms with Gasteiger partial charge in [-0.1, -0.05) is 51.2 Å². The van der Waals surface area contributed by atoms with E-state index in [4.69, 9.17) is 15.6 Å². The third-order valence-electron chi connectivity index (χ3n) is 11.5.